The summed E-state index contributed by atoms with van der Waals surface area (Å²) >= 11 is 0. The fourth-order valence-corrected chi connectivity index (χ4v) is 3.40. The lowest BCUT2D eigenvalue weighted by molar-refractivity contribution is -0.172. The van der Waals surface area contributed by atoms with Crippen molar-refractivity contribution >= 4 is 17.8 Å². The second-order valence-corrected chi connectivity index (χ2v) is 4.80. The molecule has 0 bridgehead atoms. The Balaban J connectivity index is 2.53. The van der Waals surface area contributed by atoms with Crippen molar-refractivity contribution in [2.24, 2.45) is 11.8 Å². The van der Waals surface area contributed by atoms with Crippen LogP contribution in [0.3, 0.4) is 0 Å². The number of amides is 1. The highest BCUT2D eigenvalue weighted by Crippen LogP contribution is 2.48. The van der Waals surface area contributed by atoms with Gasteiger partial charge in [-0.3, -0.25) is 4.79 Å². The van der Waals surface area contributed by atoms with Crippen LogP contribution in [-0.2, 0) is 14.4 Å². The monoisotopic (exact) mass is 241 g/mol. The number of hydrogen-bond acceptors (Lipinski definition) is 3. The van der Waals surface area contributed by atoms with E-state index in [2.05, 4.69) is 0 Å². The van der Waals surface area contributed by atoms with Gasteiger partial charge >= 0.3 is 11.9 Å². The number of hydrogen-bond donors (Lipinski definition) is 2. The van der Waals surface area contributed by atoms with Crippen LogP contribution in [-0.4, -0.2) is 45.0 Å². The lowest BCUT2D eigenvalue weighted by Gasteiger charge is -2.33. The van der Waals surface area contributed by atoms with Gasteiger partial charge < -0.3 is 15.1 Å². The van der Waals surface area contributed by atoms with Crippen molar-refractivity contribution in [2.75, 3.05) is 6.54 Å². The number of rotatable bonds is 2. The molecule has 6 heteroatoms. The second kappa shape index (κ2) is 3.72. The Morgan fingerprint density at radius 2 is 1.76 bits per heavy atom. The van der Waals surface area contributed by atoms with Crippen molar-refractivity contribution in [1.29, 1.82) is 0 Å². The molecule has 0 radical (unpaired) electrons. The van der Waals surface area contributed by atoms with Gasteiger partial charge in [-0.15, -0.1) is 0 Å². The Labute approximate surface area is 98.2 Å². The third-order valence-corrected chi connectivity index (χ3v) is 4.07. The number of likely N-dealkylation sites (tertiary alicyclic amines) is 1. The molecule has 2 unspecified atom stereocenters. The van der Waals surface area contributed by atoms with E-state index in [1.165, 1.54) is 6.92 Å². The molecular weight excluding hydrogens is 226 g/mol. The molecule has 2 N–H and O–H groups in total. The summed E-state index contributed by atoms with van der Waals surface area (Å²) in [4.78, 5) is 35.4. The number of aliphatic carboxylic acids is 2. The molecule has 1 aliphatic carbocycles. The van der Waals surface area contributed by atoms with Crippen molar-refractivity contribution < 1.29 is 24.6 Å². The molecule has 1 heterocycles. The molecule has 1 aliphatic heterocycles. The molecule has 94 valence electrons. The minimum absolute atomic E-state index is 0.00565. The zero-order chi connectivity index (χ0) is 12.8. The molecule has 17 heavy (non-hydrogen) atoms. The SMILES string of the molecule is CC(=O)N1CC2CCCC2C1(C(=O)O)C(=O)O. The zero-order valence-electron chi connectivity index (χ0n) is 9.55. The summed E-state index contributed by atoms with van der Waals surface area (Å²) in [5.41, 5.74) is -2.05. The van der Waals surface area contributed by atoms with Crippen molar-refractivity contribution in [1.82, 2.24) is 4.90 Å². The Hall–Kier alpha value is -1.59. The molecule has 1 saturated carbocycles. The van der Waals surface area contributed by atoms with E-state index >= 15 is 0 Å². The highest BCUT2D eigenvalue weighted by atomic mass is 16.4. The van der Waals surface area contributed by atoms with Gasteiger partial charge in [-0.1, -0.05) is 6.42 Å². The van der Waals surface area contributed by atoms with Gasteiger partial charge in [0.15, 0.2) is 0 Å². The third-order valence-electron chi connectivity index (χ3n) is 4.07. The van der Waals surface area contributed by atoms with Gasteiger partial charge in [0.25, 0.3) is 0 Å². The Morgan fingerprint density at radius 3 is 2.24 bits per heavy atom. The summed E-state index contributed by atoms with van der Waals surface area (Å²) in [5, 5.41) is 18.7. The Morgan fingerprint density at radius 1 is 1.18 bits per heavy atom. The van der Waals surface area contributed by atoms with Crippen LogP contribution in [0.15, 0.2) is 0 Å². The molecule has 6 nitrogen and oxygen atoms in total. The predicted octanol–water partition coefficient (Wildman–Crippen LogP) is 0.173. The zero-order valence-corrected chi connectivity index (χ0v) is 9.55. The fraction of sp³-hybridized carbons (Fsp3) is 0.727. The number of carbonyl (C=O) groups excluding carboxylic acids is 1. The van der Waals surface area contributed by atoms with Crippen LogP contribution in [0.25, 0.3) is 0 Å². The molecule has 0 aromatic rings. The van der Waals surface area contributed by atoms with E-state index < -0.39 is 29.3 Å². The van der Waals surface area contributed by atoms with Crippen LogP contribution < -0.4 is 0 Å². The van der Waals surface area contributed by atoms with Crippen molar-refractivity contribution in [3.8, 4) is 0 Å². The van der Waals surface area contributed by atoms with Crippen molar-refractivity contribution in [3.63, 3.8) is 0 Å². The normalized spacial score (nSPS) is 30.1. The molecule has 1 saturated heterocycles. The Bertz CT molecular complexity index is 377. The van der Waals surface area contributed by atoms with Crippen LogP contribution >= 0.6 is 0 Å². The van der Waals surface area contributed by atoms with Gasteiger partial charge in [0.2, 0.25) is 11.4 Å². The summed E-state index contributed by atoms with van der Waals surface area (Å²) in [6.07, 6.45) is 2.20. The van der Waals surface area contributed by atoms with Gasteiger partial charge in [-0.25, -0.2) is 9.59 Å². The predicted molar refractivity (Wildman–Crippen MR) is 56.2 cm³/mol. The van der Waals surface area contributed by atoms with Gasteiger partial charge in [0.05, 0.1) is 0 Å². The molecule has 1 amide bonds. The second-order valence-electron chi connectivity index (χ2n) is 4.80. The molecule has 2 fully saturated rings. The fourth-order valence-electron chi connectivity index (χ4n) is 3.40. The van der Waals surface area contributed by atoms with E-state index in [1.54, 1.807) is 0 Å². The number of fused-ring (bicyclic) bond motifs is 1. The third kappa shape index (κ3) is 1.36. The molecule has 2 rings (SSSR count). The van der Waals surface area contributed by atoms with Crippen LogP contribution in [0.5, 0.6) is 0 Å². The van der Waals surface area contributed by atoms with E-state index in [0.717, 1.165) is 17.7 Å². The van der Waals surface area contributed by atoms with Gasteiger partial charge in [0.1, 0.15) is 0 Å². The molecule has 0 spiro atoms. The summed E-state index contributed by atoms with van der Waals surface area (Å²) in [7, 11) is 0. The summed E-state index contributed by atoms with van der Waals surface area (Å²) < 4.78 is 0. The molecule has 2 aliphatic rings. The average molecular weight is 241 g/mol. The highest BCUT2D eigenvalue weighted by Gasteiger charge is 2.66. The van der Waals surface area contributed by atoms with Crippen LogP contribution in [0.1, 0.15) is 26.2 Å². The summed E-state index contributed by atoms with van der Waals surface area (Å²) in [6, 6.07) is 0. The van der Waals surface area contributed by atoms with Crippen molar-refractivity contribution in [3.05, 3.63) is 0 Å². The average Bonchev–Trinajstić information content (AvgIpc) is 2.72. The molecule has 0 aromatic carbocycles. The molecule has 0 aromatic heterocycles. The maximum absolute atomic E-state index is 11.5. The molecule has 2 atom stereocenters. The summed E-state index contributed by atoms with van der Waals surface area (Å²) in [5.74, 6) is -3.78. The first kappa shape index (κ1) is 11.9. The minimum Gasteiger partial charge on any atom is -0.479 e. The van der Waals surface area contributed by atoms with Crippen molar-refractivity contribution in [2.45, 2.75) is 31.7 Å². The lowest BCUT2D eigenvalue weighted by atomic mass is 9.81. The number of carbonyl (C=O) groups is 3. The van der Waals surface area contributed by atoms with E-state index in [9.17, 15) is 24.6 Å². The topological polar surface area (TPSA) is 94.9 Å². The van der Waals surface area contributed by atoms with Crippen LogP contribution in [0, 0.1) is 11.8 Å². The first-order valence-electron chi connectivity index (χ1n) is 5.67. The molecular formula is C11H15NO5. The highest BCUT2D eigenvalue weighted by molar-refractivity contribution is 6.07. The minimum atomic E-state index is -2.05. The van der Waals surface area contributed by atoms with Gasteiger partial charge in [0, 0.05) is 19.4 Å². The van der Waals surface area contributed by atoms with Gasteiger partial charge in [-0.2, -0.15) is 0 Å². The first-order chi connectivity index (χ1) is 7.92. The maximum atomic E-state index is 11.5. The van der Waals surface area contributed by atoms with E-state index in [-0.39, 0.29) is 12.5 Å². The van der Waals surface area contributed by atoms with Gasteiger partial charge in [-0.05, 0) is 18.8 Å². The van der Waals surface area contributed by atoms with E-state index in [4.69, 9.17) is 0 Å². The van der Waals surface area contributed by atoms with Crippen LogP contribution in [0.2, 0.25) is 0 Å². The maximum Gasteiger partial charge on any atom is 0.341 e. The lowest BCUT2D eigenvalue weighted by Crippen LogP contribution is -2.61. The number of nitrogens with zero attached hydrogens (tertiary/aromatic N) is 1. The van der Waals surface area contributed by atoms with E-state index in [1.807, 2.05) is 0 Å². The van der Waals surface area contributed by atoms with Crippen LogP contribution in [0.4, 0.5) is 0 Å². The van der Waals surface area contributed by atoms with E-state index in [0.29, 0.717) is 6.42 Å². The summed E-state index contributed by atoms with van der Waals surface area (Å²) in [6.45, 7) is 1.47. The quantitative estimate of drug-likeness (QED) is 0.672. The smallest absolute Gasteiger partial charge is 0.341 e. The standard InChI is InChI=1S/C11H15NO5/c1-6(13)12-5-7-3-2-4-8(7)11(12,9(14)15)10(16)17/h7-8H,2-5H2,1H3,(H,14,15)(H,16,17). The number of carboxylic acids is 2. The Kier molecular flexibility index (Phi) is 2.60. The number of carboxylic acid groups (broad SMARTS) is 2. The largest absolute Gasteiger partial charge is 0.479 e. The first-order valence-corrected chi connectivity index (χ1v) is 5.67.